The lowest BCUT2D eigenvalue weighted by Crippen LogP contribution is -2.21. The maximum Gasteiger partial charge on any atom is 0.119 e. The largest absolute Gasteiger partial charge is 0.494 e. The van der Waals surface area contributed by atoms with Gasteiger partial charge in [-0.25, -0.2) is 0 Å². The number of alkyl halides is 1. The molecule has 0 aromatic heterocycles. The zero-order chi connectivity index (χ0) is 14.9. The van der Waals surface area contributed by atoms with Gasteiger partial charge in [-0.15, -0.1) is 11.6 Å². The Labute approximate surface area is 133 Å². The summed E-state index contributed by atoms with van der Waals surface area (Å²) >= 11 is 5.62. The van der Waals surface area contributed by atoms with Gasteiger partial charge >= 0.3 is 0 Å². The third kappa shape index (κ3) is 5.61. The predicted octanol–water partition coefficient (Wildman–Crippen LogP) is 3.84. The standard InChI is InChI=1S/C18H24ClNO/c1-16-15-18(9-8-17(16)7-2-3-10-19)21-14-6-13-20-11-4-5-12-20/h8-9,15H,3-6,10-14H2,1H3. The van der Waals surface area contributed by atoms with E-state index in [0.717, 1.165) is 42.9 Å². The highest BCUT2D eigenvalue weighted by molar-refractivity contribution is 6.18. The summed E-state index contributed by atoms with van der Waals surface area (Å²) in [6, 6.07) is 6.11. The maximum absolute atomic E-state index is 5.83. The molecule has 1 saturated heterocycles. The molecule has 0 unspecified atom stereocenters. The van der Waals surface area contributed by atoms with Gasteiger partial charge in [-0.2, -0.15) is 0 Å². The van der Waals surface area contributed by atoms with Gasteiger partial charge in [0.1, 0.15) is 5.75 Å². The molecule has 0 bridgehead atoms. The van der Waals surface area contributed by atoms with E-state index in [1.54, 1.807) is 0 Å². The summed E-state index contributed by atoms with van der Waals surface area (Å²) in [5.74, 6) is 7.74. The molecule has 0 amide bonds. The molecule has 1 aromatic rings. The predicted molar refractivity (Wildman–Crippen MR) is 89.2 cm³/mol. The molecular weight excluding hydrogens is 282 g/mol. The highest BCUT2D eigenvalue weighted by atomic mass is 35.5. The number of hydrogen-bond donors (Lipinski definition) is 0. The van der Waals surface area contributed by atoms with E-state index in [0.29, 0.717) is 5.88 Å². The minimum atomic E-state index is 0.588. The monoisotopic (exact) mass is 305 g/mol. The number of aryl methyl sites for hydroxylation is 1. The smallest absolute Gasteiger partial charge is 0.119 e. The Morgan fingerprint density at radius 2 is 2.10 bits per heavy atom. The van der Waals surface area contributed by atoms with E-state index in [1.165, 1.54) is 25.9 Å². The van der Waals surface area contributed by atoms with E-state index < -0.39 is 0 Å². The summed E-state index contributed by atoms with van der Waals surface area (Å²) in [5.41, 5.74) is 2.22. The second-order valence-corrected chi connectivity index (χ2v) is 5.85. The molecule has 1 aromatic carbocycles. The lowest BCUT2D eigenvalue weighted by molar-refractivity contribution is 0.263. The van der Waals surface area contributed by atoms with Crippen molar-refractivity contribution in [2.24, 2.45) is 0 Å². The Morgan fingerprint density at radius 3 is 2.81 bits per heavy atom. The summed E-state index contributed by atoms with van der Waals surface area (Å²) in [6.07, 6.45) is 4.53. The first-order chi connectivity index (χ1) is 10.3. The van der Waals surface area contributed by atoms with Crippen LogP contribution >= 0.6 is 11.6 Å². The maximum atomic E-state index is 5.83. The molecule has 0 saturated carbocycles. The van der Waals surface area contributed by atoms with Crippen molar-refractivity contribution < 1.29 is 4.74 Å². The number of rotatable bonds is 6. The lowest BCUT2D eigenvalue weighted by atomic mass is 10.1. The molecule has 0 aliphatic carbocycles. The number of benzene rings is 1. The number of likely N-dealkylation sites (tertiary alicyclic amines) is 1. The van der Waals surface area contributed by atoms with Gasteiger partial charge in [-0.05, 0) is 63.0 Å². The molecule has 0 radical (unpaired) electrons. The molecule has 114 valence electrons. The van der Waals surface area contributed by atoms with E-state index >= 15 is 0 Å². The molecule has 0 atom stereocenters. The fourth-order valence-corrected chi connectivity index (χ4v) is 2.65. The van der Waals surface area contributed by atoms with Gasteiger partial charge < -0.3 is 9.64 Å². The first-order valence-corrected chi connectivity index (χ1v) is 8.33. The van der Waals surface area contributed by atoms with Crippen LogP contribution in [0.2, 0.25) is 0 Å². The van der Waals surface area contributed by atoms with Gasteiger partial charge in [0.25, 0.3) is 0 Å². The SMILES string of the molecule is Cc1cc(OCCCN2CCCC2)ccc1C#CCCCl. The fraction of sp³-hybridized carbons (Fsp3) is 0.556. The molecular formula is C18H24ClNO. The van der Waals surface area contributed by atoms with Crippen molar-refractivity contribution in [2.45, 2.75) is 32.6 Å². The second-order valence-electron chi connectivity index (χ2n) is 5.47. The molecule has 0 N–H and O–H groups in total. The topological polar surface area (TPSA) is 12.5 Å². The van der Waals surface area contributed by atoms with Gasteiger partial charge in [0.05, 0.1) is 6.61 Å². The Bertz CT molecular complexity index is 498. The van der Waals surface area contributed by atoms with Crippen molar-refractivity contribution in [3.05, 3.63) is 29.3 Å². The van der Waals surface area contributed by atoms with Gasteiger partial charge in [-0.3, -0.25) is 0 Å². The summed E-state index contributed by atoms with van der Waals surface area (Å²) in [5, 5.41) is 0. The van der Waals surface area contributed by atoms with Gasteiger partial charge in [0, 0.05) is 24.4 Å². The number of hydrogen-bond acceptors (Lipinski definition) is 2. The Hall–Kier alpha value is -1.17. The van der Waals surface area contributed by atoms with Gasteiger partial charge in [-0.1, -0.05) is 11.8 Å². The molecule has 1 heterocycles. The van der Waals surface area contributed by atoms with E-state index in [4.69, 9.17) is 16.3 Å². The molecule has 2 nitrogen and oxygen atoms in total. The van der Waals surface area contributed by atoms with Crippen LogP contribution in [-0.4, -0.2) is 37.0 Å². The van der Waals surface area contributed by atoms with Crippen LogP contribution in [0.15, 0.2) is 18.2 Å². The van der Waals surface area contributed by atoms with Crippen LogP contribution in [0.1, 0.15) is 36.8 Å². The van der Waals surface area contributed by atoms with E-state index in [9.17, 15) is 0 Å². The first kappa shape index (κ1) is 16.2. The van der Waals surface area contributed by atoms with Crippen LogP contribution in [0.25, 0.3) is 0 Å². The van der Waals surface area contributed by atoms with Crippen LogP contribution < -0.4 is 4.74 Å². The average molecular weight is 306 g/mol. The molecule has 1 fully saturated rings. The molecule has 0 spiro atoms. The zero-order valence-corrected chi connectivity index (χ0v) is 13.6. The molecule has 21 heavy (non-hydrogen) atoms. The van der Waals surface area contributed by atoms with Crippen molar-refractivity contribution >= 4 is 11.6 Å². The lowest BCUT2D eigenvalue weighted by Gasteiger charge is -2.14. The summed E-state index contributed by atoms with van der Waals surface area (Å²) in [6.45, 7) is 6.53. The van der Waals surface area contributed by atoms with Gasteiger partial charge in [0.15, 0.2) is 0 Å². The highest BCUT2D eigenvalue weighted by Gasteiger charge is 2.10. The molecule has 3 heteroatoms. The number of halogens is 1. The number of ether oxygens (including phenoxy) is 1. The summed E-state index contributed by atoms with van der Waals surface area (Å²) in [7, 11) is 0. The first-order valence-electron chi connectivity index (χ1n) is 7.80. The average Bonchev–Trinajstić information content (AvgIpc) is 2.99. The van der Waals surface area contributed by atoms with E-state index in [1.807, 2.05) is 12.1 Å². The van der Waals surface area contributed by atoms with Crippen LogP contribution in [0.5, 0.6) is 5.75 Å². The van der Waals surface area contributed by atoms with Crippen molar-refractivity contribution in [1.82, 2.24) is 4.90 Å². The summed E-state index contributed by atoms with van der Waals surface area (Å²) in [4.78, 5) is 2.52. The van der Waals surface area contributed by atoms with Crippen LogP contribution in [0.4, 0.5) is 0 Å². The molecule has 1 aliphatic heterocycles. The quantitative estimate of drug-likeness (QED) is 0.450. The van der Waals surface area contributed by atoms with Crippen molar-refractivity contribution in [2.75, 3.05) is 32.1 Å². The normalized spacial score (nSPS) is 14.8. The summed E-state index contributed by atoms with van der Waals surface area (Å²) < 4.78 is 5.83. The zero-order valence-electron chi connectivity index (χ0n) is 12.8. The van der Waals surface area contributed by atoms with Crippen LogP contribution in [-0.2, 0) is 0 Å². The van der Waals surface area contributed by atoms with Crippen LogP contribution in [0.3, 0.4) is 0 Å². The third-order valence-corrected chi connectivity index (χ3v) is 3.92. The fourth-order valence-electron chi connectivity index (χ4n) is 2.56. The van der Waals surface area contributed by atoms with Crippen LogP contribution in [0, 0.1) is 18.8 Å². The van der Waals surface area contributed by atoms with Crippen molar-refractivity contribution in [3.8, 4) is 17.6 Å². The Kier molecular flexibility index (Phi) is 6.92. The minimum absolute atomic E-state index is 0.588. The number of nitrogens with zero attached hydrogens (tertiary/aromatic N) is 1. The third-order valence-electron chi connectivity index (χ3n) is 3.73. The van der Waals surface area contributed by atoms with E-state index in [2.05, 4.69) is 29.7 Å². The Balaban J connectivity index is 1.76. The van der Waals surface area contributed by atoms with Gasteiger partial charge in [0.2, 0.25) is 0 Å². The second kappa shape index (κ2) is 8.97. The molecule has 1 aliphatic rings. The Morgan fingerprint density at radius 1 is 1.29 bits per heavy atom. The van der Waals surface area contributed by atoms with Crippen molar-refractivity contribution in [3.63, 3.8) is 0 Å². The highest BCUT2D eigenvalue weighted by Crippen LogP contribution is 2.17. The van der Waals surface area contributed by atoms with E-state index in [-0.39, 0.29) is 0 Å². The minimum Gasteiger partial charge on any atom is -0.494 e. The van der Waals surface area contributed by atoms with Crippen molar-refractivity contribution in [1.29, 1.82) is 0 Å². The molecule has 2 rings (SSSR count).